The highest BCUT2D eigenvalue weighted by molar-refractivity contribution is 5.97. The highest BCUT2D eigenvalue weighted by atomic mass is 19.4. The molecule has 0 spiro atoms. The van der Waals surface area contributed by atoms with E-state index in [1.165, 1.54) is 14.8 Å². The van der Waals surface area contributed by atoms with E-state index in [0.717, 1.165) is 30.8 Å². The normalized spacial score (nSPS) is 13.8. The fourth-order valence-electron chi connectivity index (χ4n) is 4.72. The Balaban J connectivity index is 0.000000676. The number of fused-ring (bicyclic) bond motifs is 1. The lowest BCUT2D eigenvalue weighted by Crippen LogP contribution is -2.37. The second-order valence-electron chi connectivity index (χ2n) is 10.9. The number of ketones is 1. The second kappa shape index (κ2) is 14.1. The number of benzene rings is 1. The molecule has 0 saturated carbocycles. The Labute approximate surface area is 252 Å². The Morgan fingerprint density at radius 1 is 1.02 bits per heavy atom. The van der Waals surface area contributed by atoms with Gasteiger partial charge in [-0.2, -0.15) is 17.7 Å². The van der Waals surface area contributed by atoms with Crippen molar-refractivity contribution >= 4 is 23.1 Å². The molecule has 0 radical (unpaired) electrons. The summed E-state index contributed by atoms with van der Waals surface area (Å²) in [6, 6.07) is 5.70. The molecule has 0 aliphatic carbocycles. The predicted octanol–water partition coefficient (Wildman–Crippen LogP) is 4.02. The smallest absolute Gasteiger partial charge is 0.488 e. The number of nitrogens with one attached hydrogen (secondary N) is 1. The molecule has 1 fully saturated rings. The lowest BCUT2D eigenvalue weighted by Gasteiger charge is -2.34. The minimum Gasteiger partial charge on any atom is -0.488 e. The summed E-state index contributed by atoms with van der Waals surface area (Å²) in [6.07, 6.45) is -4.21. The summed E-state index contributed by atoms with van der Waals surface area (Å²) in [7, 11) is 0. The molecule has 1 aliphatic heterocycles. The van der Waals surface area contributed by atoms with Crippen molar-refractivity contribution in [1.82, 2.24) is 19.4 Å². The molecule has 0 amide bonds. The van der Waals surface area contributed by atoms with Crippen molar-refractivity contribution in [3.63, 3.8) is 0 Å². The lowest BCUT2D eigenvalue weighted by atomic mass is 9.80. The number of carbonyl (C=O) groups excluding carboxylic acids is 1. The average Bonchev–Trinajstić information content (AvgIpc) is 3.26. The van der Waals surface area contributed by atoms with Gasteiger partial charge in [-0.3, -0.25) is 10.2 Å². The van der Waals surface area contributed by atoms with E-state index < -0.39 is 12.1 Å². The minimum absolute atomic E-state index is 0.0121. The van der Waals surface area contributed by atoms with E-state index >= 15 is 0 Å². The minimum atomic E-state index is -5.08. The van der Waals surface area contributed by atoms with E-state index in [1.54, 1.807) is 6.07 Å². The third kappa shape index (κ3) is 8.07. The van der Waals surface area contributed by atoms with Gasteiger partial charge in [0.1, 0.15) is 6.54 Å². The van der Waals surface area contributed by atoms with Gasteiger partial charge in [-0.25, -0.2) is 9.48 Å². The molecule has 15 heteroatoms. The SMILES string of the molecule is CCOc1cc2nn(CC(=O)c3cc(N4CCOCC4)c(CC)c(C(C)(C)C)c3)c(=N)n2nc1OCC.O=C(O)C(F)(F)F. The van der Waals surface area contributed by atoms with Crippen LogP contribution in [0.4, 0.5) is 18.9 Å². The number of carbonyl (C=O) groups is 2. The fraction of sp³-hybridized carbons (Fsp3) is 0.552. The van der Waals surface area contributed by atoms with Gasteiger partial charge in [-0.15, -0.1) is 10.2 Å². The van der Waals surface area contributed by atoms with E-state index in [0.29, 0.717) is 49.3 Å². The van der Waals surface area contributed by atoms with Crippen LogP contribution in [-0.4, -0.2) is 81.9 Å². The highest BCUT2D eigenvalue weighted by Crippen LogP contribution is 2.35. The summed E-state index contributed by atoms with van der Waals surface area (Å²) in [5, 5.41) is 24.6. The van der Waals surface area contributed by atoms with Crippen molar-refractivity contribution in [2.75, 3.05) is 44.4 Å². The second-order valence-corrected chi connectivity index (χ2v) is 10.9. The molecular weight excluding hydrogens is 585 g/mol. The standard InChI is InChI=1S/C27H38N6O4.C2HF3O2/c1-7-19-20(27(4,5)6)14-18(15-21(19)31-10-12-35-13-11-31)22(34)17-32-26(28)33-24(29-32)16-23(36-8-2)25(30-33)37-9-3;3-2(4,5)1(6)7/h14-16,28H,7-13,17H2,1-6H3;(H,6,7). The Bertz CT molecular complexity index is 1540. The molecule has 2 N–H and O–H groups in total. The molecular formula is C29H39F3N6O6. The van der Waals surface area contributed by atoms with Crippen LogP contribution in [-0.2, 0) is 27.9 Å². The van der Waals surface area contributed by atoms with E-state index in [9.17, 15) is 18.0 Å². The van der Waals surface area contributed by atoms with E-state index in [-0.39, 0.29) is 23.4 Å². The fourth-order valence-corrected chi connectivity index (χ4v) is 4.72. The molecule has 4 rings (SSSR count). The lowest BCUT2D eigenvalue weighted by molar-refractivity contribution is -0.192. The number of carboxylic acids is 1. The van der Waals surface area contributed by atoms with Gasteiger partial charge < -0.3 is 24.2 Å². The number of rotatable bonds is 9. The molecule has 3 heterocycles. The Hall–Kier alpha value is -4.14. The number of nitrogens with zero attached hydrogens (tertiary/aromatic N) is 5. The zero-order chi connectivity index (χ0) is 32.8. The van der Waals surface area contributed by atoms with Crippen LogP contribution in [0.15, 0.2) is 18.2 Å². The van der Waals surface area contributed by atoms with Crippen LogP contribution < -0.4 is 20.0 Å². The number of anilines is 1. The number of aliphatic carboxylic acids is 1. The van der Waals surface area contributed by atoms with Crippen molar-refractivity contribution in [3.8, 4) is 11.6 Å². The number of morpholine rings is 1. The summed E-state index contributed by atoms with van der Waals surface area (Å²) >= 11 is 0. The number of hydrogen-bond acceptors (Lipinski definition) is 9. The number of carboxylic acid groups (broad SMARTS) is 1. The van der Waals surface area contributed by atoms with Gasteiger partial charge in [0.25, 0.3) is 5.88 Å². The first-order valence-electron chi connectivity index (χ1n) is 14.3. The third-order valence-corrected chi connectivity index (χ3v) is 6.73. The largest absolute Gasteiger partial charge is 0.490 e. The van der Waals surface area contributed by atoms with Crippen molar-refractivity contribution < 1.29 is 42.1 Å². The van der Waals surface area contributed by atoms with Gasteiger partial charge in [0.2, 0.25) is 5.62 Å². The molecule has 1 aliphatic rings. The van der Waals surface area contributed by atoms with E-state index in [4.69, 9.17) is 29.5 Å². The van der Waals surface area contributed by atoms with Crippen molar-refractivity contribution in [2.45, 2.75) is 66.1 Å². The van der Waals surface area contributed by atoms with Gasteiger partial charge in [0.15, 0.2) is 17.2 Å². The van der Waals surface area contributed by atoms with Crippen molar-refractivity contribution in [3.05, 3.63) is 40.5 Å². The van der Waals surface area contributed by atoms with Gasteiger partial charge in [-0.1, -0.05) is 27.7 Å². The summed E-state index contributed by atoms with van der Waals surface area (Å²) in [6.45, 7) is 16.1. The zero-order valence-corrected chi connectivity index (χ0v) is 25.7. The molecule has 0 atom stereocenters. The Morgan fingerprint density at radius 3 is 2.16 bits per heavy atom. The van der Waals surface area contributed by atoms with E-state index in [2.05, 4.69) is 42.8 Å². The maximum Gasteiger partial charge on any atom is 0.490 e. The van der Waals surface area contributed by atoms with Crippen molar-refractivity contribution in [1.29, 1.82) is 5.41 Å². The first-order chi connectivity index (χ1) is 20.6. The highest BCUT2D eigenvalue weighted by Gasteiger charge is 2.38. The Kier molecular flexibility index (Phi) is 11.0. The topological polar surface area (TPSA) is 144 Å². The molecule has 44 heavy (non-hydrogen) atoms. The molecule has 0 unspecified atom stereocenters. The first-order valence-corrected chi connectivity index (χ1v) is 14.3. The molecule has 242 valence electrons. The van der Waals surface area contributed by atoms with Gasteiger partial charge >= 0.3 is 12.1 Å². The molecule has 1 saturated heterocycles. The third-order valence-electron chi connectivity index (χ3n) is 6.73. The van der Waals surface area contributed by atoms with Gasteiger partial charge in [0.05, 0.1) is 26.4 Å². The monoisotopic (exact) mass is 624 g/mol. The van der Waals surface area contributed by atoms with Crippen LogP contribution in [0, 0.1) is 5.41 Å². The number of hydrogen-bond donors (Lipinski definition) is 2. The van der Waals surface area contributed by atoms with E-state index in [1.807, 2.05) is 26.0 Å². The number of ether oxygens (including phenoxy) is 3. The molecule has 12 nitrogen and oxygen atoms in total. The number of alkyl halides is 3. The maximum absolute atomic E-state index is 13.6. The predicted molar refractivity (Wildman–Crippen MR) is 155 cm³/mol. The summed E-state index contributed by atoms with van der Waals surface area (Å²) < 4.78 is 51.3. The van der Waals surface area contributed by atoms with Crippen LogP contribution in [0.3, 0.4) is 0 Å². The van der Waals surface area contributed by atoms with Gasteiger partial charge in [0, 0.05) is 30.4 Å². The first kappa shape index (κ1) is 34.4. The average molecular weight is 625 g/mol. The Morgan fingerprint density at radius 2 is 1.64 bits per heavy atom. The van der Waals surface area contributed by atoms with Crippen LogP contribution in [0.1, 0.15) is 63.0 Å². The summed E-state index contributed by atoms with van der Waals surface area (Å²) in [5.41, 5.74) is 4.41. The number of aromatic nitrogens is 4. The van der Waals surface area contributed by atoms with Crippen LogP contribution in [0.5, 0.6) is 11.6 Å². The molecule has 3 aromatic rings. The van der Waals surface area contributed by atoms with Crippen LogP contribution >= 0.6 is 0 Å². The van der Waals surface area contributed by atoms with Gasteiger partial charge in [-0.05, 0) is 48.9 Å². The number of Topliss-reactive ketones (excluding diaryl/α,β-unsaturated/α-hetero) is 1. The summed E-state index contributed by atoms with van der Waals surface area (Å²) in [4.78, 5) is 24.8. The van der Waals surface area contributed by atoms with Crippen molar-refractivity contribution in [2.24, 2.45) is 0 Å². The maximum atomic E-state index is 13.6. The van der Waals surface area contributed by atoms with Crippen LogP contribution in [0.2, 0.25) is 0 Å². The zero-order valence-electron chi connectivity index (χ0n) is 25.7. The quantitative estimate of drug-likeness (QED) is 0.337. The molecule has 1 aromatic carbocycles. The summed E-state index contributed by atoms with van der Waals surface area (Å²) in [5.74, 6) is -2.12. The van der Waals surface area contributed by atoms with Crippen LogP contribution in [0.25, 0.3) is 5.65 Å². The molecule has 2 aromatic heterocycles. The molecule has 0 bridgehead atoms. The number of halogens is 3.